The molecule has 1 fully saturated rings. The SMILES string of the molecule is CN1CCNc2ncc(C(=O)N3CCCCC3)cc21. The van der Waals surface area contributed by atoms with Crippen molar-refractivity contribution in [2.75, 3.05) is 43.4 Å². The number of hydrogen-bond donors (Lipinski definition) is 1. The fourth-order valence-corrected chi connectivity index (χ4v) is 2.74. The van der Waals surface area contributed by atoms with Crippen LogP contribution in [0.15, 0.2) is 12.3 Å². The van der Waals surface area contributed by atoms with Crippen LogP contribution in [0.4, 0.5) is 11.5 Å². The molecular weight excluding hydrogens is 240 g/mol. The fraction of sp³-hybridized carbons (Fsp3) is 0.571. The second-order valence-corrected chi connectivity index (χ2v) is 5.29. The monoisotopic (exact) mass is 260 g/mol. The van der Waals surface area contributed by atoms with E-state index in [1.54, 1.807) is 6.20 Å². The van der Waals surface area contributed by atoms with Crippen molar-refractivity contribution >= 4 is 17.4 Å². The third-order valence-electron chi connectivity index (χ3n) is 3.91. The van der Waals surface area contributed by atoms with Crippen molar-refractivity contribution in [3.05, 3.63) is 17.8 Å². The molecule has 2 aliphatic heterocycles. The topological polar surface area (TPSA) is 48.5 Å². The molecule has 1 aromatic heterocycles. The number of hydrogen-bond acceptors (Lipinski definition) is 4. The molecule has 5 heteroatoms. The van der Waals surface area contributed by atoms with Gasteiger partial charge in [0.05, 0.1) is 11.3 Å². The Hall–Kier alpha value is -1.78. The fourth-order valence-electron chi connectivity index (χ4n) is 2.74. The summed E-state index contributed by atoms with van der Waals surface area (Å²) in [5.74, 6) is 0.998. The van der Waals surface area contributed by atoms with Crippen LogP contribution in [0.25, 0.3) is 0 Å². The number of nitrogens with zero attached hydrogens (tertiary/aromatic N) is 3. The summed E-state index contributed by atoms with van der Waals surface area (Å²) in [6.07, 6.45) is 5.16. The van der Waals surface area contributed by atoms with E-state index in [4.69, 9.17) is 0 Å². The molecule has 0 unspecified atom stereocenters. The number of amides is 1. The minimum atomic E-state index is 0.119. The highest BCUT2D eigenvalue weighted by atomic mass is 16.2. The standard InChI is InChI=1S/C14H20N4O/c1-17-8-5-15-13-12(17)9-11(10-16-13)14(19)18-6-3-2-4-7-18/h9-10H,2-8H2,1H3,(H,15,16). The van der Waals surface area contributed by atoms with Crippen molar-refractivity contribution in [2.24, 2.45) is 0 Å². The highest BCUT2D eigenvalue weighted by Gasteiger charge is 2.21. The van der Waals surface area contributed by atoms with E-state index in [2.05, 4.69) is 15.2 Å². The maximum atomic E-state index is 12.4. The summed E-state index contributed by atoms with van der Waals surface area (Å²) >= 11 is 0. The zero-order valence-corrected chi connectivity index (χ0v) is 11.4. The van der Waals surface area contributed by atoms with Gasteiger partial charge in [-0.2, -0.15) is 0 Å². The summed E-state index contributed by atoms with van der Waals surface area (Å²) in [6, 6.07) is 1.96. The van der Waals surface area contributed by atoms with Crippen LogP contribution in [0.2, 0.25) is 0 Å². The van der Waals surface area contributed by atoms with Gasteiger partial charge in [-0.05, 0) is 25.3 Å². The number of likely N-dealkylation sites (tertiary alicyclic amines) is 1. The lowest BCUT2D eigenvalue weighted by Crippen LogP contribution is -2.36. The molecule has 0 spiro atoms. The first-order valence-corrected chi connectivity index (χ1v) is 7.00. The predicted molar refractivity (Wildman–Crippen MR) is 75.8 cm³/mol. The van der Waals surface area contributed by atoms with Crippen LogP contribution in [-0.2, 0) is 0 Å². The second kappa shape index (κ2) is 5.07. The zero-order chi connectivity index (χ0) is 13.2. The molecule has 1 saturated heterocycles. The van der Waals surface area contributed by atoms with Crippen LogP contribution in [0.3, 0.4) is 0 Å². The lowest BCUT2D eigenvalue weighted by Gasteiger charge is -2.29. The van der Waals surface area contributed by atoms with Crippen molar-refractivity contribution in [3.8, 4) is 0 Å². The van der Waals surface area contributed by atoms with Gasteiger partial charge in [0.1, 0.15) is 5.82 Å². The lowest BCUT2D eigenvalue weighted by molar-refractivity contribution is 0.0724. The van der Waals surface area contributed by atoms with E-state index in [1.165, 1.54) is 6.42 Å². The summed E-state index contributed by atoms with van der Waals surface area (Å²) in [7, 11) is 2.04. The van der Waals surface area contributed by atoms with Crippen LogP contribution < -0.4 is 10.2 Å². The number of aromatic nitrogens is 1. The summed E-state index contributed by atoms with van der Waals surface area (Å²) in [5.41, 5.74) is 1.73. The van der Waals surface area contributed by atoms with Crippen molar-refractivity contribution in [1.29, 1.82) is 0 Å². The summed E-state index contributed by atoms with van der Waals surface area (Å²) < 4.78 is 0. The van der Waals surface area contributed by atoms with Crippen LogP contribution in [-0.4, -0.2) is 49.0 Å². The molecule has 102 valence electrons. The third-order valence-corrected chi connectivity index (χ3v) is 3.91. The Bertz CT molecular complexity index is 482. The molecule has 0 atom stereocenters. The molecule has 0 saturated carbocycles. The molecule has 0 aliphatic carbocycles. The van der Waals surface area contributed by atoms with E-state index >= 15 is 0 Å². The van der Waals surface area contributed by atoms with Gasteiger partial charge in [0.25, 0.3) is 5.91 Å². The molecule has 1 N–H and O–H groups in total. The number of carbonyl (C=O) groups excluding carboxylic acids is 1. The summed E-state index contributed by atoms with van der Waals surface area (Å²) in [6.45, 7) is 3.60. The van der Waals surface area contributed by atoms with E-state index in [1.807, 2.05) is 18.0 Å². The Balaban J connectivity index is 1.84. The third kappa shape index (κ3) is 2.37. The maximum absolute atomic E-state index is 12.4. The van der Waals surface area contributed by atoms with E-state index in [9.17, 15) is 4.79 Å². The Labute approximate surface area is 113 Å². The first-order chi connectivity index (χ1) is 9.25. The number of fused-ring (bicyclic) bond motifs is 1. The van der Waals surface area contributed by atoms with Crippen LogP contribution in [0.5, 0.6) is 0 Å². The smallest absolute Gasteiger partial charge is 0.255 e. The van der Waals surface area contributed by atoms with Gasteiger partial charge in [0.15, 0.2) is 0 Å². The molecular formula is C14H20N4O. The highest BCUT2D eigenvalue weighted by molar-refractivity contribution is 5.95. The highest BCUT2D eigenvalue weighted by Crippen LogP contribution is 2.27. The average molecular weight is 260 g/mol. The van der Waals surface area contributed by atoms with Gasteiger partial charge in [0, 0.05) is 39.4 Å². The van der Waals surface area contributed by atoms with Gasteiger partial charge < -0.3 is 15.1 Å². The molecule has 5 nitrogen and oxygen atoms in total. The number of piperidine rings is 1. The Morgan fingerprint density at radius 1 is 1.26 bits per heavy atom. The van der Waals surface area contributed by atoms with Crippen molar-refractivity contribution < 1.29 is 4.79 Å². The van der Waals surface area contributed by atoms with Gasteiger partial charge in [-0.3, -0.25) is 4.79 Å². The molecule has 2 aliphatic rings. The van der Waals surface area contributed by atoms with E-state index in [-0.39, 0.29) is 5.91 Å². The molecule has 3 rings (SSSR count). The Morgan fingerprint density at radius 2 is 2.05 bits per heavy atom. The van der Waals surface area contributed by atoms with Crippen molar-refractivity contribution in [1.82, 2.24) is 9.88 Å². The zero-order valence-electron chi connectivity index (χ0n) is 11.4. The molecule has 1 aromatic rings. The largest absolute Gasteiger partial charge is 0.370 e. The number of nitrogens with one attached hydrogen (secondary N) is 1. The maximum Gasteiger partial charge on any atom is 0.255 e. The van der Waals surface area contributed by atoms with Crippen LogP contribution in [0, 0.1) is 0 Å². The minimum absolute atomic E-state index is 0.119. The molecule has 3 heterocycles. The van der Waals surface area contributed by atoms with Crippen molar-refractivity contribution in [2.45, 2.75) is 19.3 Å². The number of likely N-dealkylation sites (N-methyl/N-ethyl adjacent to an activating group) is 1. The van der Waals surface area contributed by atoms with Gasteiger partial charge in [-0.15, -0.1) is 0 Å². The molecule has 0 radical (unpaired) electrons. The number of carbonyl (C=O) groups is 1. The van der Waals surface area contributed by atoms with E-state index in [0.717, 1.165) is 50.5 Å². The first kappa shape index (κ1) is 12.3. The Morgan fingerprint density at radius 3 is 2.84 bits per heavy atom. The second-order valence-electron chi connectivity index (χ2n) is 5.29. The number of rotatable bonds is 1. The normalized spacial score (nSPS) is 18.8. The van der Waals surface area contributed by atoms with Gasteiger partial charge in [-0.1, -0.05) is 0 Å². The quantitative estimate of drug-likeness (QED) is 0.832. The van der Waals surface area contributed by atoms with Gasteiger partial charge >= 0.3 is 0 Å². The summed E-state index contributed by atoms with van der Waals surface area (Å²) in [4.78, 5) is 20.9. The summed E-state index contributed by atoms with van der Waals surface area (Å²) in [5, 5.41) is 3.26. The van der Waals surface area contributed by atoms with Crippen LogP contribution >= 0.6 is 0 Å². The molecule has 0 aromatic carbocycles. The van der Waals surface area contributed by atoms with Crippen LogP contribution in [0.1, 0.15) is 29.6 Å². The van der Waals surface area contributed by atoms with Crippen molar-refractivity contribution in [3.63, 3.8) is 0 Å². The first-order valence-electron chi connectivity index (χ1n) is 7.00. The lowest BCUT2D eigenvalue weighted by atomic mass is 10.1. The number of anilines is 2. The minimum Gasteiger partial charge on any atom is -0.370 e. The van der Waals surface area contributed by atoms with Gasteiger partial charge in [0.2, 0.25) is 0 Å². The molecule has 0 bridgehead atoms. The predicted octanol–water partition coefficient (Wildman–Crippen LogP) is 1.57. The Kier molecular flexibility index (Phi) is 3.27. The van der Waals surface area contributed by atoms with Gasteiger partial charge in [-0.25, -0.2) is 4.98 Å². The van der Waals surface area contributed by atoms with E-state index < -0.39 is 0 Å². The van der Waals surface area contributed by atoms with E-state index in [0.29, 0.717) is 5.56 Å². The molecule has 1 amide bonds. The average Bonchev–Trinajstić information content (AvgIpc) is 2.47. The number of pyridine rings is 1. The molecule has 19 heavy (non-hydrogen) atoms.